The van der Waals surface area contributed by atoms with Crippen molar-refractivity contribution in [1.82, 2.24) is 25.0 Å². The maximum Gasteiger partial charge on any atom is 0.143 e. The molecule has 3 aromatic heterocycles. The minimum atomic E-state index is -0.0444. The van der Waals surface area contributed by atoms with Crippen LogP contribution in [0.1, 0.15) is 28.9 Å². The number of imidazole rings is 1. The van der Waals surface area contributed by atoms with Gasteiger partial charge < -0.3 is 14.2 Å². The molecule has 3 aromatic rings. The maximum atomic E-state index is 5.98. The van der Waals surface area contributed by atoms with Crippen LogP contribution in [0.5, 0.6) is 0 Å². The molecule has 1 fully saturated rings. The van der Waals surface area contributed by atoms with Gasteiger partial charge in [0, 0.05) is 31.5 Å². The van der Waals surface area contributed by atoms with Crippen LogP contribution < -0.4 is 0 Å². The second kappa shape index (κ2) is 6.78. The number of hydrogen-bond donors (Lipinski definition) is 1. The first-order valence-electron chi connectivity index (χ1n) is 8.42. The number of nitrogens with one attached hydrogen (secondary N) is 1. The normalized spacial score (nSPS) is 18.6. The fourth-order valence-corrected chi connectivity index (χ4v) is 3.26. The zero-order chi connectivity index (χ0) is 17.2. The number of morpholine rings is 1. The fraction of sp³-hybridized carbons (Fsp3) is 0.389. The Labute approximate surface area is 146 Å². The summed E-state index contributed by atoms with van der Waals surface area (Å²) in [7, 11) is 0. The highest BCUT2D eigenvalue weighted by atomic mass is 16.5. The summed E-state index contributed by atoms with van der Waals surface area (Å²) in [6, 6.07) is 6.02. The monoisotopic (exact) mass is 339 g/mol. The SMILES string of the molecule is Cc1noc(C)c1-c1cccc(C2CN(Cc3cnc[nH]3)CCO2)n1. The molecule has 1 atom stereocenters. The summed E-state index contributed by atoms with van der Waals surface area (Å²) < 4.78 is 11.2. The predicted molar refractivity (Wildman–Crippen MR) is 91.8 cm³/mol. The molecule has 1 saturated heterocycles. The van der Waals surface area contributed by atoms with Crippen molar-refractivity contribution in [3.05, 3.63) is 53.6 Å². The number of aryl methyl sites for hydroxylation is 2. The van der Waals surface area contributed by atoms with Crippen molar-refractivity contribution in [2.45, 2.75) is 26.5 Å². The Hall–Kier alpha value is -2.51. The predicted octanol–water partition coefficient (Wildman–Crippen LogP) is 2.65. The molecule has 7 heteroatoms. The van der Waals surface area contributed by atoms with Crippen molar-refractivity contribution < 1.29 is 9.26 Å². The third-order valence-electron chi connectivity index (χ3n) is 4.49. The van der Waals surface area contributed by atoms with Crippen LogP contribution in [0.15, 0.2) is 35.2 Å². The zero-order valence-electron chi connectivity index (χ0n) is 14.4. The van der Waals surface area contributed by atoms with E-state index in [1.807, 2.05) is 38.2 Å². The molecular weight excluding hydrogens is 318 g/mol. The van der Waals surface area contributed by atoms with Crippen molar-refractivity contribution in [2.75, 3.05) is 19.7 Å². The minimum Gasteiger partial charge on any atom is -0.369 e. The molecule has 4 heterocycles. The molecule has 1 aliphatic heterocycles. The number of aromatic nitrogens is 4. The molecule has 4 rings (SSSR count). The van der Waals surface area contributed by atoms with Gasteiger partial charge in [-0.05, 0) is 26.0 Å². The van der Waals surface area contributed by atoms with Crippen LogP contribution in [0.4, 0.5) is 0 Å². The van der Waals surface area contributed by atoms with E-state index in [0.29, 0.717) is 6.61 Å². The number of hydrogen-bond acceptors (Lipinski definition) is 6. The molecule has 0 spiro atoms. The van der Waals surface area contributed by atoms with Crippen LogP contribution >= 0.6 is 0 Å². The van der Waals surface area contributed by atoms with Crippen LogP contribution in [-0.4, -0.2) is 44.7 Å². The van der Waals surface area contributed by atoms with E-state index in [9.17, 15) is 0 Å². The van der Waals surface area contributed by atoms with Crippen LogP contribution in [0.2, 0.25) is 0 Å². The molecule has 1 aliphatic rings. The number of ether oxygens (including phenoxy) is 1. The molecule has 0 saturated carbocycles. The number of H-pyrrole nitrogens is 1. The van der Waals surface area contributed by atoms with Gasteiger partial charge in [-0.3, -0.25) is 4.90 Å². The van der Waals surface area contributed by atoms with Crippen molar-refractivity contribution in [3.8, 4) is 11.3 Å². The number of pyridine rings is 1. The second-order valence-electron chi connectivity index (χ2n) is 6.32. The van der Waals surface area contributed by atoms with Crippen LogP contribution in [0.3, 0.4) is 0 Å². The Kier molecular flexibility index (Phi) is 4.33. The Morgan fingerprint density at radius 1 is 1.32 bits per heavy atom. The third-order valence-corrected chi connectivity index (χ3v) is 4.49. The molecule has 0 aromatic carbocycles. The Bertz CT molecular complexity index is 824. The van der Waals surface area contributed by atoms with E-state index in [1.165, 1.54) is 0 Å². The molecule has 1 unspecified atom stereocenters. The largest absolute Gasteiger partial charge is 0.369 e. The maximum absolute atomic E-state index is 5.98. The van der Waals surface area contributed by atoms with Gasteiger partial charge in [0.15, 0.2) is 0 Å². The number of nitrogens with zero attached hydrogens (tertiary/aromatic N) is 4. The fourth-order valence-electron chi connectivity index (χ4n) is 3.26. The lowest BCUT2D eigenvalue weighted by molar-refractivity contribution is -0.0352. The van der Waals surface area contributed by atoms with Crippen LogP contribution in [-0.2, 0) is 11.3 Å². The van der Waals surface area contributed by atoms with Gasteiger partial charge >= 0.3 is 0 Å². The first kappa shape index (κ1) is 16.0. The summed E-state index contributed by atoms with van der Waals surface area (Å²) in [5.74, 6) is 0.785. The van der Waals surface area contributed by atoms with Crippen molar-refractivity contribution >= 4 is 0 Å². The summed E-state index contributed by atoms with van der Waals surface area (Å²) in [5.41, 5.74) is 4.74. The molecule has 7 nitrogen and oxygen atoms in total. The van der Waals surface area contributed by atoms with Gasteiger partial charge in [0.25, 0.3) is 0 Å². The summed E-state index contributed by atoms with van der Waals surface area (Å²) >= 11 is 0. The molecule has 25 heavy (non-hydrogen) atoms. The molecule has 130 valence electrons. The summed E-state index contributed by atoms with van der Waals surface area (Å²) in [4.78, 5) is 14.4. The van der Waals surface area contributed by atoms with Gasteiger partial charge in [-0.25, -0.2) is 9.97 Å². The lowest BCUT2D eigenvalue weighted by Gasteiger charge is -2.32. The van der Waals surface area contributed by atoms with E-state index in [0.717, 1.165) is 53.7 Å². The van der Waals surface area contributed by atoms with E-state index < -0.39 is 0 Å². The van der Waals surface area contributed by atoms with E-state index in [1.54, 1.807) is 6.33 Å². The zero-order valence-corrected chi connectivity index (χ0v) is 14.4. The molecule has 0 radical (unpaired) electrons. The second-order valence-corrected chi connectivity index (χ2v) is 6.32. The average molecular weight is 339 g/mol. The van der Waals surface area contributed by atoms with Crippen molar-refractivity contribution in [1.29, 1.82) is 0 Å². The Morgan fingerprint density at radius 3 is 3.00 bits per heavy atom. The third kappa shape index (κ3) is 3.33. The van der Waals surface area contributed by atoms with Crippen LogP contribution in [0.25, 0.3) is 11.3 Å². The first-order chi connectivity index (χ1) is 12.2. The van der Waals surface area contributed by atoms with Crippen molar-refractivity contribution in [3.63, 3.8) is 0 Å². The van der Waals surface area contributed by atoms with Gasteiger partial charge in [-0.2, -0.15) is 0 Å². The van der Waals surface area contributed by atoms with Gasteiger partial charge in [-0.15, -0.1) is 0 Å². The number of aromatic amines is 1. The van der Waals surface area contributed by atoms with Gasteiger partial charge in [0.05, 0.1) is 35.6 Å². The number of rotatable bonds is 4. The molecule has 0 bridgehead atoms. The molecule has 0 amide bonds. The molecule has 0 aliphatic carbocycles. The molecule has 1 N–H and O–H groups in total. The first-order valence-corrected chi connectivity index (χ1v) is 8.42. The van der Waals surface area contributed by atoms with E-state index in [-0.39, 0.29) is 6.10 Å². The lowest BCUT2D eigenvalue weighted by Crippen LogP contribution is -2.38. The van der Waals surface area contributed by atoms with E-state index >= 15 is 0 Å². The summed E-state index contributed by atoms with van der Waals surface area (Å²) in [6.07, 6.45) is 3.53. The summed E-state index contributed by atoms with van der Waals surface area (Å²) in [6.45, 7) is 7.08. The van der Waals surface area contributed by atoms with Crippen LogP contribution in [0, 0.1) is 13.8 Å². The summed E-state index contributed by atoms with van der Waals surface area (Å²) in [5, 5.41) is 4.02. The smallest absolute Gasteiger partial charge is 0.143 e. The van der Waals surface area contributed by atoms with E-state index in [4.69, 9.17) is 14.2 Å². The highest BCUT2D eigenvalue weighted by molar-refractivity contribution is 5.63. The van der Waals surface area contributed by atoms with E-state index in [2.05, 4.69) is 20.0 Å². The molecular formula is C18H21N5O2. The van der Waals surface area contributed by atoms with Gasteiger partial charge in [0.1, 0.15) is 11.9 Å². The Balaban J connectivity index is 1.54. The van der Waals surface area contributed by atoms with Gasteiger partial charge in [-0.1, -0.05) is 11.2 Å². The quantitative estimate of drug-likeness (QED) is 0.787. The topological polar surface area (TPSA) is 80.1 Å². The van der Waals surface area contributed by atoms with Gasteiger partial charge in [0.2, 0.25) is 0 Å². The average Bonchev–Trinajstić information content (AvgIpc) is 3.25. The Morgan fingerprint density at radius 2 is 2.24 bits per heavy atom. The lowest BCUT2D eigenvalue weighted by atomic mass is 10.1. The minimum absolute atomic E-state index is 0.0444. The highest BCUT2D eigenvalue weighted by Gasteiger charge is 2.24. The standard InChI is InChI=1S/C18H21N5O2/c1-12-18(13(2)25-22-12)16-5-3-4-15(21-16)17-10-23(6-7-24-17)9-14-8-19-11-20-14/h3-5,8,11,17H,6-7,9-10H2,1-2H3,(H,19,20). The van der Waals surface area contributed by atoms with Crippen molar-refractivity contribution in [2.24, 2.45) is 0 Å². The highest BCUT2D eigenvalue weighted by Crippen LogP contribution is 2.28.